The van der Waals surface area contributed by atoms with Crippen LogP contribution in [0.25, 0.3) is 0 Å². The Morgan fingerprint density at radius 2 is 0.800 bits per heavy atom. The maximum absolute atomic E-state index is 10.7. The summed E-state index contributed by atoms with van der Waals surface area (Å²) >= 11 is 0. The summed E-state index contributed by atoms with van der Waals surface area (Å²) in [4.78, 5) is 4.24. The summed E-state index contributed by atoms with van der Waals surface area (Å²) in [5.74, 6) is 0.163. The van der Waals surface area contributed by atoms with Crippen molar-refractivity contribution in [3.05, 3.63) is 73.5 Å². The molecule has 0 aromatic heterocycles. The summed E-state index contributed by atoms with van der Waals surface area (Å²) in [6, 6.07) is 14.0. The maximum atomic E-state index is 10.7. The minimum Gasteiger partial charge on any atom is -0.872 e. The van der Waals surface area contributed by atoms with E-state index in [2.05, 4.69) is 65.2 Å². The number of hydrogen-bond donors (Lipinski definition) is 0. The molecule has 0 atom stereocenters. The maximum Gasteiger partial charge on any atom is 2.00 e. The Morgan fingerprint density at radius 1 is 0.571 bits per heavy atom. The Hall–Kier alpha value is -1.24. The summed E-state index contributed by atoms with van der Waals surface area (Å²) in [7, 11) is 8.19. The van der Waals surface area contributed by atoms with Gasteiger partial charge in [0.2, 0.25) is 0 Å². The van der Waals surface area contributed by atoms with Crippen molar-refractivity contribution in [2.75, 3.05) is 41.3 Å². The molecule has 2 aromatic carbocycles. The van der Waals surface area contributed by atoms with Crippen LogP contribution in [0.4, 0.5) is 0 Å². The third-order valence-electron chi connectivity index (χ3n) is 4.65. The molecule has 0 saturated carbocycles. The van der Waals surface area contributed by atoms with Gasteiger partial charge in [0, 0.05) is 0 Å². The second kappa shape index (κ2) is 19.9. The molecule has 0 aliphatic rings. The second-order valence-electron chi connectivity index (χ2n) is 10.9. The number of hydrogen-bond acceptors (Lipinski definition) is 4. The fourth-order valence-corrected chi connectivity index (χ4v) is 2.54. The number of benzene rings is 2. The van der Waals surface area contributed by atoms with Crippen LogP contribution in [0.5, 0.6) is 11.5 Å². The molecule has 0 aliphatic carbocycles. The van der Waals surface area contributed by atoms with E-state index in [9.17, 15) is 10.2 Å². The molecule has 0 spiro atoms. The molecule has 4 nitrogen and oxygen atoms in total. The van der Waals surface area contributed by atoms with E-state index in [1.165, 1.54) is 11.1 Å². The van der Waals surface area contributed by atoms with E-state index < -0.39 is 0 Å². The van der Waals surface area contributed by atoms with E-state index >= 15 is 0 Å². The molecular weight excluding hydrogens is 539 g/mol. The van der Waals surface area contributed by atoms with Crippen molar-refractivity contribution in [1.29, 1.82) is 0 Å². The van der Waals surface area contributed by atoms with E-state index in [0.717, 1.165) is 25.9 Å². The molecule has 4 radical (unpaired) electrons. The molecule has 0 unspecified atom stereocenters. The molecule has 0 N–H and O–H groups in total. The molecule has 0 heterocycles. The topological polar surface area (TPSA) is 52.6 Å². The monoisotopic (exact) mass is 590 g/mol. The minimum absolute atomic E-state index is 0. The van der Waals surface area contributed by atoms with Gasteiger partial charge in [0.05, 0.1) is 0 Å². The van der Waals surface area contributed by atoms with E-state index in [1.807, 2.05) is 52.5 Å². The first-order valence-electron chi connectivity index (χ1n) is 12.0. The smallest absolute Gasteiger partial charge is 0.872 e. The first kappa shape index (κ1) is 38.3. The SMILES string of the molecule is CC(C)(C)c1ccc([O-])cc1.CC(C)(C)c1ccc([O-])cc1.[CH2]CCN(C)C.[CH2]CCN(C)C.[Sn+2]. The van der Waals surface area contributed by atoms with Crippen molar-refractivity contribution >= 4 is 23.9 Å². The standard InChI is InChI=1S/2C10H14O.2C5H12N.Sn/c2*1-10(2,3)8-4-6-9(11)7-5-8;2*1-4-5-6(2)3;/h2*4-7,11H,1-3H3;2*1,4-5H2,2-3H3;/q;;;;+2/p-2. The molecule has 0 bridgehead atoms. The molecule has 0 fully saturated rings. The van der Waals surface area contributed by atoms with Crippen molar-refractivity contribution in [3.8, 4) is 11.5 Å². The van der Waals surface area contributed by atoms with Gasteiger partial charge in [-0.15, -0.1) is 11.5 Å². The molecule has 35 heavy (non-hydrogen) atoms. The Bertz CT molecular complexity index is 663. The number of nitrogens with zero attached hydrogens (tertiary/aromatic N) is 2. The fraction of sp³-hybridized carbons (Fsp3) is 0.533. The quantitative estimate of drug-likeness (QED) is 0.456. The van der Waals surface area contributed by atoms with Crippen LogP contribution in [0.2, 0.25) is 0 Å². The summed E-state index contributed by atoms with van der Waals surface area (Å²) in [6.07, 6.45) is 2.01. The van der Waals surface area contributed by atoms with Gasteiger partial charge in [-0.2, -0.15) is 0 Å². The molecule has 0 saturated heterocycles. The summed E-state index contributed by atoms with van der Waals surface area (Å²) < 4.78 is 0. The molecule has 2 aromatic rings. The zero-order valence-electron chi connectivity index (χ0n) is 24.1. The summed E-state index contributed by atoms with van der Waals surface area (Å²) in [6.45, 7) is 22.4. The van der Waals surface area contributed by atoms with Crippen molar-refractivity contribution in [2.45, 2.75) is 65.2 Å². The van der Waals surface area contributed by atoms with Gasteiger partial charge in [0.1, 0.15) is 0 Å². The molecular formula is C30H50N2O2Sn. The fourth-order valence-electron chi connectivity index (χ4n) is 2.54. The predicted molar refractivity (Wildman–Crippen MR) is 152 cm³/mol. The minimum atomic E-state index is 0. The van der Waals surface area contributed by atoms with Gasteiger partial charge in [0.25, 0.3) is 0 Å². The summed E-state index contributed by atoms with van der Waals surface area (Å²) in [5.41, 5.74) is 2.70. The van der Waals surface area contributed by atoms with E-state index in [1.54, 1.807) is 24.3 Å². The van der Waals surface area contributed by atoms with Crippen LogP contribution < -0.4 is 10.2 Å². The third-order valence-corrected chi connectivity index (χ3v) is 4.65. The zero-order valence-corrected chi connectivity index (χ0v) is 26.9. The van der Waals surface area contributed by atoms with Gasteiger partial charge in [-0.3, -0.25) is 0 Å². The molecule has 2 rings (SSSR count). The van der Waals surface area contributed by atoms with E-state index in [-0.39, 0.29) is 46.2 Å². The Balaban J connectivity index is -0.000000404. The van der Waals surface area contributed by atoms with Gasteiger partial charge < -0.3 is 20.0 Å². The summed E-state index contributed by atoms with van der Waals surface area (Å²) in [5, 5.41) is 21.5. The van der Waals surface area contributed by atoms with Crippen molar-refractivity contribution in [3.63, 3.8) is 0 Å². The van der Waals surface area contributed by atoms with Gasteiger partial charge in [-0.1, -0.05) is 104 Å². The normalized spacial score (nSPS) is 10.7. The first-order chi connectivity index (χ1) is 15.5. The molecule has 196 valence electrons. The Kier molecular flexibility index (Phi) is 21.8. The molecule has 0 amide bonds. The van der Waals surface area contributed by atoms with Crippen LogP contribution in [0.1, 0.15) is 65.5 Å². The third kappa shape index (κ3) is 22.9. The van der Waals surface area contributed by atoms with Gasteiger partial charge in [-0.25, -0.2) is 0 Å². The molecule has 5 heteroatoms. The van der Waals surface area contributed by atoms with E-state index in [0.29, 0.717) is 0 Å². The molecule has 0 aliphatic heterocycles. The average Bonchev–Trinajstić information content (AvgIpc) is 2.68. The zero-order chi connectivity index (χ0) is 26.9. The van der Waals surface area contributed by atoms with Crippen molar-refractivity contribution in [2.24, 2.45) is 0 Å². The van der Waals surface area contributed by atoms with Crippen molar-refractivity contribution in [1.82, 2.24) is 9.80 Å². The largest absolute Gasteiger partial charge is 2.00 e. The van der Waals surface area contributed by atoms with Crippen molar-refractivity contribution < 1.29 is 10.2 Å². The predicted octanol–water partition coefficient (Wildman–Crippen LogP) is 5.28. The van der Waals surface area contributed by atoms with Crippen LogP contribution in [-0.2, 0) is 10.8 Å². The van der Waals surface area contributed by atoms with Crippen LogP contribution in [0, 0.1) is 13.8 Å². The van der Waals surface area contributed by atoms with Crippen LogP contribution in [0.15, 0.2) is 48.5 Å². The van der Waals surface area contributed by atoms with E-state index in [4.69, 9.17) is 0 Å². The number of rotatable bonds is 4. The average molecular weight is 589 g/mol. The van der Waals surface area contributed by atoms with Gasteiger partial charge >= 0.3 is 23.9 Å². The van der Waals surface area contributed by atoms with Gasteiger partial charge in [-0.05, 0) is 76.1 Å². The Labute approximate surface area is 234 Å². The van der Waals surface area contributed by atoms with Crippen LogP contribution in [-0.4, -0.2) is 75.0 Å². The van der Waals surface area contributed by atoms with Crippen LogP contribution in [0.3, 0.4) is 0 Å². The first-order valence-corrected chi connectivity index (χ1v) is 12.0. The Morgan fingerprint density at radius 3 is 0.914 bits per heavy atom. The second-order valence-corrected chi connectivity index (χ2v) is 10.9. The van der Waals surface area contributed by atoms with Gasteiger partial charge in [0.15, 0.2) is 0 Å². The van der Waals surface area contributed by atoms with Crippen LogP contribution >= 0.6 is 0 Å².